The number of amides is 1. The topological polar surface area (TPSA) is 57.6 Å². The highest BCUT2D eigenvalue weighted by atomic mass is 16.4. The van der Waals surface area contributed by atoms with Crippen LogP contribution in [0.15, 0.2) is 24.3 Å². The molecule has 0 aromatic heterocycles. The molecule has 21 heavy (non-hydrogen) atoms. The molecule has 0 aliphatic heterocycles. The van der Waals surface area contributed by atoms with Crippen LogP contribution in [0.1, 0.15) is 61.4 Å². The van der Waals surface area contributed by atoms with Gasteiger partial charge in [-0.2, -0.15) is 0 Å². The Morgan fingerprint density at radius 3 is 2.33 bits per heavy atom. The van der Waals surface area contributed by atoms with Gasteiger partial charge in [0.25, 0.3) is 5.91 Å². The summed E-state index contributed by atoms with van der Waals surface area (Å²) in [4.78, 5) is 24.9. The molecule has 0 spiro atoms. The molecule has 1 aromatic rings. The molecule has 1 unspecified atom stereocenters. The highest BCUT2D eigenvalue weighted by Crippen LogP contribution is 2.36. The maximum absolute atomic E-state index is 12.5. The van der Waals surface area contributed by atoms with Crippen molar-refractivity contribution >= 4 is 11.9 Å². The largest absolute Gasteiger partial charge is 0.480 e. The second-order valence-electron chi connectivity index (χ2n) is 5.83. The Kier molecular flexibility index (Phi) is 4.99. The van der Waals surface area contributed by atoms with Crippen molar-refractivity contribution in [3.63, 3.8) is 0 Å². The van der Waals surface area contributed by atoms with E-state index in [2.05, 4.69) is 0 Å². The average molecular weight is 289 g/mol. The Morgan fingerprint density at radius 1 is 1.29 bits per heavy atom. The van der Waals surface area contributed by atoms with Gasteiger partial charge in [0.05, 0.1) is 0 Å². The predicted molar refractivity (Wildman–Crippen MR) is 81.5 cm³/mol. The number of benzene rings is 1. The number of carboxylic acid groups (broad SMARTS) is 1. The zero-order chi connectivity index (χ0) is 15.4. The van der Waals surface area contributed by atoms with Crippen LogP contribution in [0.5, 0.6) is 0 Å². The highest BCUT2D eigenvalue weighted by Gasteiger charge is 2.24. The minimum Gasteiger partial charge on any atom is -0.480 e. The first-order valence-corrected chi connectivity index (χ1v) is 7.65. The molecule has 1 aliphatic carbocycles. The van der Waals surface area contributed by atoms with Crippen LogP contribution in [0, 0.1) is 0 Å². The zero-order valence-corrected chi connectivity index (χ0v) is 12.7. The van der Waals surface area contributed by atoms with Gasteiger partial charge in [-0.15, -0.1) is 0 Å². The fourth-order valence-electron chi connectivity index (χ4n) is 2.60. The normalized spacial score (nSPS) is 16.1. The number of aliphatic carboxylic acids is 1. The minimum atomic E-state index is -0.977. The first kappa shape index (κ1) is 15.5. The molecule has 0 heterocycles. The highest BCUT2D eigenvalue weighted by molar-refractivity contribution is 5.96. The van der Waals surface area contributed by atoms with Gasteiger partial charge in [-0.3, -0.25) is 9.59 Å². The summed E-state index contributed by atoms with van der Waals surface area (Å²) in [6.07, 6.45) is 4.47. The molecule has 0 saturated heterocycles. The lowest BCUT2D eigenvalue weighted by molar-refractivity contribution is -0.138. The molecular formula is C17H23NO3. The third-order valence-electron chi connectivity index (χ3n) is 4.42. The molecule has 1 aromatic carbocycles. The van der Waals surface area contributed by atoms with E-state index in [1.807, 2.05) is 38.1 Å². The third kappa shape index (κ3) is 3.63. The van der Waals surface area contributed by atoms with Crippen LogP contribution in [0.4, 0.5) is 0 Å². The van der Waals surface area contributed by atoms with Crippen LogP contribution in [0.25, 0.3) is 0 Å². The van der Waals surface area contributed by atoms with E-state index in [1.165, 1.54) is 29.7 Å². The van der Waals surface area contributed by atoms with Gasteiger partial charge in [-0.05, 0) is 49.8 Å². The molecule has 0 bridgehead atoms. The number of hydrogen-bond acceptors (Lipinski definition) is 2. The van der Waals surface area contributed by atoms with Crippen LogP contribution in [0.2, 0.25) is 0 Å². The average Bonchev–Trinajstić information content (AvgIpc) is 2.42. The number of carbonyl (C=O) groups excluding carboxylic acids is 1. The summed E-state index contributed by atoms with van der Waals surface area (Å²) in [6.45, 7) is 3.58. The summed E-state index contributed by atoms with van der Waals surface area (Å²) in [5.74, 6) is -0.541. The number of carboxylic acids is 1. The van der Waals surface area contributed by atoms with Crippen molar-refractivity contribution in [2.24, 2.45) is 0 Å². The van der Waals surface area contributed by atoms with E-state index in [4.69, 9.17) is 5.11 Å². The number of hydrogen-bond donors (Lipinski definition) is 1. The Labute approximate surface area is 125 Å². The summed E-state index contributed by atoms with van der Waals surface area (Å²) in [5, 5.41) is 8.99. The van der Waals surface area contributed by atoms with E-state index in [-0.39, 0.29) is 18.5 Å². The van der Waals surface area contributed by atoms with Crippen molar-refractivity contribution in [2.75, 3.05) is 6.54 Å². The van der Waals surface area contributed by atoms with Crippen molar-refractivity contribution in [1.82, 2.24) is 4.90 Å². The molecule has 2 rings (SSSR count). The van der Waals surface area contributed by atoms with Crippen molar-refractivity contribution in [3.05, 3.63) is 35.4 Å². The molecule has 1 amide bonds. The van der Waals surface area contributed by atoms with Crippen LogP contribution >= 0.6 is 0 Å². The fourth-order valence-corrected chi connectivity index (χ4v) is 2.60. The molecular weight excluding hydrogens is 266 g/mol. The molecule has 4 nitrogen and oxygen atoms in total. The van der Waals surface area contributed by atoms with E-state index in [0.29, 0.717) is 11.5 Å². The van der Waals surface area contributed by atoms with Crippen molar-refractivity contribution in [3.8, 4) is 0 Å². The van der Waals surface area contributed by atoms with Crippen LogP contribution in [-0.2, 0) is 4.79 Å². The maximum Gasteiger partial charge on any atom is 0.323 e. The van der Waals surface area contributed by atoms with Gasteiger partial charge in [0.2, 0.25) is 0 Å². The quantitative estimate of drug-likeness (QED) is 0.874. The second kappa shape index (κ2) is 6.74. The molecule has 1 aliphatic rings. The monoisotopic (exact) mass is 289 g/mol. The van der Waals surface area contributed by atoms with E-state index >= 15 is 0 Å². The molecule has 1 saturated carbocycles. The maximum atomic E-state index is 12.5. The first-order chi connectivity index (χ1) is 10.0. The van der Waals surface area contributed by atoms with Crippen molar-refractivity contribution < 1.29 is 14.7 Å². The van der Waals surface area contributed by atoms with Crippen LogP contribution in [0.3, 0.4) is 0 Å². The summed E-state index contributed by atoms with van der Waals surface area (Å²) in [5.41, 5.74) is 1.85. The lowest BCUT2D eigenvalue weighted by Crippen LogP contribution is -2.41. The lowest BCUT2D eigenvalue weighted by atomic mass is 9.80. The third-order valence-corrected chi connectivity index (χ3v) is 4.42. The van der Waals surface area contributed by atoms with Gasteiger partial charge in [0.1, 0.15) is 6.54 Å². The summed E-state index contributed by atoms with van der Waals surface area (Å²) in [6, 6.07) is 7.58. The van der Waals surface area contributed by atoms with Gasteiger partial charge in [-0.25, -0.2) is 0 Å². The minimum absolute atomic E-state index is 0.0834. The van der Waals surface area contributed by atoms with E-state index in [9.17, 15) is 9.59 Å². The second-order valence-corrected chi connectivity index (χ2v) is 5.83. The summed E-state index contributed by atoms with van der Waals surface area (Å²) >= 11 is 0. The van der Waals surface area contributed by atoms with Gasteiger partial charge in [-0.1, -0.05) is 25.5 Å². The number of nitrogens with zero attached hydrogens (tertiary/aromatic N) is 1. The summed E-state index contributed by atoms with van der Waals surface area (Å²) < 4.78 is 0. The van der Waals surface area contributed by atoms with Crippen molar-refractivity contribution in [1.29, 1.82) is 0 Å². The molecule has 4 heteroatoms. The Bertz CT molecular complexity index is 505. The van der Waals surface area contributed by atoms with Gasteiger partial charge in [0.15, 0.2) is 0 Å². The molecule has 0 radical (unpaired) electrons. The lowest BCUT2D eigenvalue weighted by Gasteiger charge is -2.28. The fraction of sp³-hybridized carbons (Fsp3) is 0.529. The molecule has 1 N–H and O–H groups in total. The zero-order valence-electron chi connectivity index (χ0n) is 12.7. The SMILES string of the molecule is CCC(C)N(CC(=O)O)C(=O)c1ccc(C2CCC2)cc1. The smallest absolute Gasteiger partial charge is 0.323 e. The summed E-state index contributed by atoms with van der Waals surface area (Å²) in [7, 11) is 0. The Balaban J connectivity index is 2.13. The molecule has 1 fully saturated rings. The molecule has 1 atom stereocenters. The van der Waals surface area contributed by atoms with Crippen LogP contribution in [-0.4, -0.2) is 34.5 Å². The van der Waals surface area contributed by atoms with E-state index in [0.717, 1.165) is 6.42 Å². The van der Waals surface area contributed by atoms with E-state index < -0.39 is 5.97 Å². The van der Waals surface area contributed by atoms with Gasteiger partial charge in [0, 0.05) is 11.6 Å². The van der Waals surface area contributed by atoms with Gasteiger partial charge < -0.3 is 10.0 Å². The number of rotatable bonds is 6. The van der Waals surface area contributed by atoms with Gasteiger partial charge >= 0.3 is 5.97 Å². The standard InChI is InChI=1S/C17H23NO3/c1-3-12(2)18(11-16(19)20)17(21)15-9-7-14(8-10-15)13-5-4-6-13/h7-10,12-13H,3-6,11H2,1-2H3,(H,19,20). The van der Waals surface area contributed by atoms with Crippen molar-refractivity contribution in [2.45, 2.75) is 51.5 Å². The van der Waals surface area contributed by atoms with E-state index in [1.54, 1.807) is 0 Å². The Morgan fingerprint density at radius 2 is 1.90 bits per heavy atom. The molecule has 114 valence electrons. The number of carbonyl (C=O) groups is 2. The van der Waals surface area contributed by atoms with Crippen LogP contribution < -0.4 is 0 Å². The predicted octanol–water partition coefficient (Wildman–Crippen LogP) is 3.28. The first-order valence-electron chi connectivity index (χ1n) is 7.65. The Hall–Kier alpha value is -1.84.